The predicted octanol–water partition coefficient (Wildman–Crippen LogP) is 2.22. The number of non-ortho nitro benzene ring substituents is 1. The first kappa shape index (κ1) is 12.5. The van der Waals surface area contributed by atoms with Gasteiger partial charge in [-0.15, -0.1) is 5.10 Å². The van der Waals surface area contributed by atoms with E-state index in [-0.39, 0.29) is 11.9 Å². The summed E-state index contributed by atoms with van der Waals surface area (Å²) >= 11 is 0. The van der Waals surface area contributed by atoms with Crippen LogP contribution in [0.2, 0.25) is 0 Å². The molecule has 2 heterocycles. The van der Waals surface area contributed by atoms with Gasteiger partial charge in [-0.1, -0.05) is 24.3 Å². The van der Waals surface area contributed by atoms with Crippen molar-refractivity contribution in [3.63, 3.8) is 0 Å². The third kappa shape index (κ3) is 1.81. The maximum Gasteiger partial charge on any atom is 0.269 e. The Morgan fingerprint density at radius 1 is 1.18 bits per heavy atom. The number of hydrogen-bond acceptors (Lipinski definition) is 6. The van der Waals surface area contributed by atoms with Gasteiger partial charge in [0.05, 0.1) is 4.92 Å². The summed E-state index contributed by atoms with van der Waals surface area (Å²) in [6.07, 6.45) is -0.389. The van der Waals surface area contributed by atoms with Crippen LogP contribution < -0.4 is 5.32 Å². The molecule has 0 fully saturated rings. The van der Waals surface area contributed by atoms with Gasteiger partial charge in [0, 0.05) is 28.9 Å². The highest BCUT2D eigenvalue weighted by atomic mass is 16.6. The van der Waals surface area contributed by atoms with Crippen molar-refractivity contribution < 1.29 is 4.92 Å². The maximum absolute atomic E-state index is 11.0. The SMILES string of the molecule is O=[N+]([O-])c1cccc(C2Nc3ccccc3-c3nnnn32)c1. The molecule has 1 atom stereocenters. The van der Waals surface area contributed by atoms with Crippen molar-refractivity contribution >= 4 is 11.4 Å². The first-order valence-electron chi connectivity index (χ1n) is 6.62. The summed E-state index contributed by atoms with van der Waals surface area (Å²) in [7, 11) is 0. The fourth-order valence-electron chi connectivity index (χ4n) is 2.59. The van der Waals surface area contributed by atoms with Gasteiger partial charge in [-0.3, -0.25) is 10.1 Å². The highest BCUT2D eigenvalue weighted by Crippen LogP contribution is 2.36. The average molecular weight is 294 g/mol. The standard InChI is InChI=1S/C14H10N6O2/c21-20(22)10-5-3-4-9(8-10)13-15-12-7-2-1-6-11(12)14-16-17-18-19(13)14/h1-8,13,15H. The lowest BCUT2D eigenvalue weighted by Crippen LogP contribution is -2.25. The van der Waals surface area contributed by atoms with Crippen LogP contribution >= 0.6 is 0 Å². The van der Waals surface area contributed by atoms with Gasteiger partial charge in [-0.25, -0.2) is 0 Å². The molecule has 3 aromatic rings. The van der Waals surface area contributed by atoms with Crippen molar-refractivity contribution in [2.75, 3.05) is 5.32 Å². The smallest absolute Gasteiger partial charge is 0.269 e. The Kier molecular flexibility index (Phi) is 2.62. The number of hydrogen-bond donors (Lipinski definition) is 1. The van der Waals surface area contributed by atoms with Gasteiger partial charge in [0.2, 0.25) is 0 Å². The van der Waals surface area contributed by atoms with E-state index in [0.717, 1.165) is 16.8 Å². The summed E-state index contributed by atoms with van der Waals surface area (Å²) in [4.78, 5) is 10.6. The summed E-state index contributed by atoms with van der Waals surface area (Å²) in [5, 5.41) is 26.1. The zero-order chi connectivity index (χ0) is 15.1. The molecule has 22 heavy (non-hydrogen) atoms. The third-order valence-electron chi connectivity index (χ3n) is 3.59. The zero-order valence-corrected chi connectivity index (χ0v) is 11.2. The summed E-state index contributed by atoms with van der Waals surface area (Å²) in [6, 6.07) is 14.1. The number of para-hydroxylation sites is 1. The second-order valence-electron chi connectivity index (χ2n) is 4.89. The molecule has 0 saturated heterocycles. The zero-order valence-electron chi connectivity index (χ0n) is 11.2. The van der Waals surface area contributed by atoms with Gasteiger partial charge in [-0.2, -0.15) is 4.68 Å². The molecule has 8 heteroatoms. The number of nitro groups is 1. The van der Waals surface area contributed by atoms with E-state index in [9.17, 15) is 10.1 Å². The van der Waals surface area contributed by atoms with E-state index >= 15 is 0 Å². The van der Waals surface area contributed by atoms with Crippen LogP contribution in [0.3, 0.4) is 0 Å². The van der Waals surface area contributed by atoms with E-state index in [1.165, 1.54) is 12.1 Å². The molecule has 1 aliphatic heterocycles. The molecule has 1 unspecified atom stereocenters. The molecule has 0 saturated carbocycles. The minimum atomic E-state index is -0.416. The lowest BCUT2D eigenvalue weighted by molar-refractivity contribution is -0.384. The van der Waals surface area contributed by atoms with Crippen molar-refractivity contribution in [1.82, 2.24) is 20.2 Å². The summed E-state index contributed by atoms with van der Waals surface area (Å²) in [5.41, 5.74) is 2.54. The van der Waals surface area contributed by atoms with Crippen molar-refractivity contribution in [3.8, 4) is 11.4 Å². The number of anilines is 1. The van der Waals surface area contributed by atoms with Crippen LogP contribution in [0, 0.1) is 10.1 Å². The predicted molar refractivity (Wildman–Crippen MR) is 78.1 cm³/mol. The number of aromatic nitrogens is 4. The summed E-state index contributed by atoms with van der Waals surface area (Å²) in [5.74, 6) is 0.630. The van der Waals surface area contributed by atoms with Crippen LogP contribution in [0.25, 0.3) is 11.4 Å². The van der Waals surface area contributed by atoms with Crippen molar-refractivity contribution in [2.45, 2.75) is 6.17 Å². The first-order chi connectivity index (χ1) is 10.7. The normalized spacial score (nSPS) is 15.5. The van der Waals surface area contributed by atoms with Crippen molar-refractivity contribution in [2.24, 2.45) is 0 Å². The summed E-state index contributed by atoms with van der Waals surface area (Å²) < 4.78 is 1.63. The van der Waals surface area contributed by atoms with Gasteiger partial charge < -0.3 is 5.32 Å². The van der Waals surface area contributed by atoms with E-state index < -0.39 is 4.92 Å². The van der Waals surface area contributed by atoms with Gasteiger partial charge in [-0.05, 0) is 22.6 Å². The Morgan fingerprint density at radius 2 is 2.05 bits per heavy atom. The number of nitro benzene ring substituents is 1. The maximum atomic E-state index is 11.0. The fraction of sp³-hybridized carbons (Fsp3) is 0.0714. The minimum Gasteiger partial charge on any atom is -0.359 e. The van der Waals surface area contributed by atoms with Crippen LogP contribution in [0.4, 0.5) is 11.4 Å². The second-order valence-corrected chi connectivity index (χ2v) is 4.89. The van der Waals surface area contributed by atoms with Gasteiger partial charge in [0.1, 0.15) is 0 Å². The van der Waals surface area contributed by atoms with Crippen molar-refractivity contribution in [1.29, 1.82) is 0 Å². The lowest BCUT2D eigenvalue weighted by atomic mass is 10.1. The molecule has 8 nitrogen and oxygen atoms in total. The Hall–Kier alpha value is -3.29. The Bertz CT molecular complexity index is 875. The van der Waals surface area contributed by atoms with Gasteiger partial charge in [0.15, 0.2) is 12.0 Å². The second kappa shape index (κ2) is 4.62. The average Bonchev–Trinajstić information content (AvgIpc) is 3.04. The minimum absolute atomic E-state index is 0.0350. The van der Waals surface area contributed by atoms with Crippen LogP contribution in [0.1, 0.15) is 11.7 Å². The molecule has 0 amide bonds. The molecule has 1 N–H and O–H groups in total. The number of nitrogens with zero attached hydrogens (tertiary/aromatic N) is 5. The molecule has 0 aliphatic carbocycles. The molecular weight excluding hydrogens is 284 g/mol. The van der Waals surface area contributed by atoms with Crippen LogP contribution in [0.15, 0.2) is 48.5 Å². The first-order valence-corrected chi connectivity index (χ1v) is 6.62. The highest BCUT2D eigenvalue weighted by Gasteiger charge is 2.28. The van der Waals surface area contributed by atoms with E-state index in [4.69, 9.17) is 0 Å². The van der Waals surface area contributed by atoms with Crippen LogP contribution in [-0.2, 0) is 0 Å². The Labute approximate surface area is 124 Å². The van der Waals surface area contributed by atoms with Gasteiger partial charge >= 0.3 is 0 Å². The molecular formula is C14H10N6O2. The van der Waals surface area contributed by atoms with Crippen LogP contribution in [0.5, 0.6) is 0 Å². The fourth-order valence-corrected chi connectivity index (χ4v) is 2.59. The van der Waals surface area contributed by atoms with E-state index in [2.05, 4.69) is 20.8 Å². The third-order valence-corrected chi connectivity index (χ3v) is 3.59. The number of nitrogens with one attached hydrogen (secondary N) is 1. The molecule has 0 radical (unpaired) electrons. The lowest BCUT2D eigenvalue weighted by Gasteiger charge is -2.27. The quantitative estimate of drug-likeness (QED) is 0.574. The number of fused-ring (bicyclic) bond motifs is 3. The molecule has 0 spiro atoms. The molecule has 1 aromatic heterocycles. The number of rotatable bonds is 2. The highest BCUT2D eigenvalue weighted by molar-refractivity contribution is 5.76. The molecule has 108 valence electrons. The Morgan fingerprint density at radius 3 is 2.91 bits per heavy atom. The topological polar surface area (TPSA) is 98.8 Å². The number of benzene rings is 2. The Balaban J connectivity index is 1.85. The van der Waals surface area contributed by atoms with Gasteiger partial charge in [0.25, 0.3) is 5.69 Å². The van der Waals surface area contributed by atoms with E-state index in [0.29, 0.717) is 5.82 Å². The van der Waals surface area contributed by atoms with Crippen molar-refractivity contribution in [3.05, 3.63) is 64.2 Å². The largest absolute Gasteiger partial charge is 0.359 e. The summed E-state index contributed by atoms with van der Waals surface area (Å²) in [6.45, 7) is 0. The van der Waals surface area contributed by atoms with E-state index in [1.54, 1.807) is 10.7 Å². The number of tetrazole rings is 1. The van der Waals surface area contributed by atoms with Crippen LogP contribution in [-0.4, -0.2) is 25.1 Å². The molecule has 4 rings (SSSR count). The monoisotopic (exact) mass is 294 g/mol. The molecule has 2 aromatic carbocycles. The molecule has 1 aliphatic rings. The molecule has 0 bridgehead atoms. The van der Waals surface area contributed by atoms with E-state index in [1.807, 2.05) is 30.3 Å².